The van der Waals surface area contributed by atoms with E-state index in [-0.39, 0.29) is 12.8 Å². The van der Waals surface area contributed by atoms with Gasteiger partial charge in [0.15, 0.2) is 0 Å². The van der Waals surface area contributed by atoms with Gasteiger partial charge in [-0.15, -0.1) is 0 Å². The Hall–Kier alpha value is -1.79. The van der Waals surface area contributed by atoms with Crippen molar-refractivity contribution in [1.82, 2.24) is 5.32 Å². The van der Waals surface area contributed by atoms with E-state index in [2.05, 4.69) is 12.2 Å². The molecule has 0 radical (unpaired) electrons. The Morgan fingerprint density at radius 3 is 2.32 bits per heavy atom. The van der Waals surface area contributed by atoms with Crippen LogP contribution in [0.4, 0.5) is 4.79 Å². The number of carboxylic acid groups (broad SMARTS) is 1. The molecule has 0 aromatic rings. The van der Waals surface area contributed by atoms with Crippen molar-refractivity contribution in [3.05, 3.63) is 0 Å². The lowest BCUT2D eigenvalue weighted by atomic mass is 9.83. The van der Waals surface area contributed by atoms with Gasteiger partial charge in [0, 0.05) is 19.4 Å². The summed E-state index contributed by atoms with van der Waals surface area (Å²) in [5.74, 6) is -0.105. The Bertz CT molecular complexity index is 489. The SMILES string of the molecule is CCC(=O)O[C@@H](C)OC(=O)N[C@@H](CC[C@H](C)CCC1CCCCC1)CC(=O)O. The van der Waals surface area contributed by atoms with Gasteiger partial charge in [-0.05, 0) is 24.7 Å². The molecule has 1 aliphatic carbocycles. The maximum Gasteiger partial charge on any atom is 0.410 e. The zero-order valence-corrected chi connectivity index (χ0v) is 17.6. The van der Waals surface area contributed by atoms with E-state index < -0.39 is 30.4 Å². The van der Waals surface area contributed by atoms with Crippen LogP contribution in [0.25, 0.3) is 0 Å². The molecule has 28 heavy (non-hydrogen) atoms. The number of amides is 1. The molecule has 1 fully saturated rings. The average molecular weight is 400 g/mol. The van der Waals surface area contributed by atoms with Crippen LogP contribution in [-0.4, -0.2) is 35.5 Å². The summed E-state index contributed by atoms with van der Waals surface area (Å²) >= 11 is 0. The van der Waals surface area contributed by atoms with Crippen LogP contribution in [0.2, 0.25) is 0 Å². The number of hydrogen-bond acceptors (Lipinski definition) is 5. The van der Waals surface area contributed by atoms with Crippen LogP contribution in [0.1, 0.15) is 91.4 Å². The van der Waals surface area contributed by atoms with Crippen LogP contribution in [0.15, 0.2) is 0 Å². The molecule has 0 unspecified atom stereocenters. The predicted octanol–water partition coefficient (Wildman–Crippen LogP) is 4.63. The molecule has 0 aliphatic heterocycles. The zero-order valence-electron chi connectivity index (χ0n) is 17.6. The first-order valence-electron chi connectivity index (χ1n) is 10.7. The number of carboxylic acids is 1. The lowest BCUT2D eigenvalue weighted by Gasteiger charge is -2.24. The van der Waals surface area contributed by atoms with Gasteiger partial charge in [0.2, 0.25) is 6.29 Å². The maximum absolute atomic E-state index is 12.0. The van der Waals surface area contributed by atoms with Crippen molar-refractivity contribution in [3.63, 3.8) is 0 Å². The first-order valence-corrected chi connectivity index (χ1v) is 10.7. The average Bonchev–Trinajstić information content (AvgIpc) is 2.64. The summed E-state index contributed by atoms with van der Waals surface area (Å²) in [6.07, 6.45) is 8.79. The lowest BCUT2D eigenvalue weighted by molar-refractivity contribution is -0.164. The van der Waals surface area contributed by atoms with E-state index in [0.717, 1.165) is 18.8 Å². The van der Waals surface area contributed by atoms with E-state index in [0.29, 0.717) is 12.3 Å². The summed E-state index contributed by atoms with van der Waals surface area (Å²) in [5.41, 5.74) is 0. The highest BCUT2D eigenvalue weighted by molar-refractivity contribution is 5.72. The standard InChI is InChI=1S/C21H37NO6/c1-4-20(25)27-16(3)28-21(26)22-18(14-19(23)24)13-11-15(2)10-12-17-8-6-5-7-9-17/h15-18H,4-14H2,1-3H3,(H,22,26)(H,23,24)/t15-,16-,18+/m1/s1. The largest absolute Gasteiger partial charge is 0.481 e. The van der Waals surface area contributed by atoms with Gasteiger partial charge >= 0.3 is 18.0 Å². The van der Waals surface area contributed by atoms with E-state index in [1.807, 2.05) is 0 Å². The van der Waals surface area contributed by atoms with Crippen molar-refractivity contribution in [1.29, 1.82) is 0 Å². The van der Waals surface area contributed by atoms with E-state index in [1.165, 1.54) is 45.4 Å². The monoisotopic (exact) mass is 399 g/mol. The minimum atomic E-state index is -1.01. The van der Waals surface area contributed by atoms with Crippen molar-refractivity contribution in [3.8, 4) is 0 Å². The molecule has 1 saturated carbocycles. The first-order chi connectivity index (χ1) is 13.3. The zero-order chi connectivity index (χ0) is 20.9. The maximum atomic E-state index is 12.0. The Morgan fingerprint density at radius 2 is 1.71 bits per heavy atom. The molecule has 1 aliphatic rings. The van der Waals surface area contributed by atoms with Gasteiger partial charge < -0.3 is 19.9 Å². The molecule has 7 nitrogen and oxygen atoms in total. The molecular weight excluding hydrogens is 362 g/mol. The van der Waals surface area contributed by atoms with Gasteiger partial charge in [-0.2, -0.15) is 0 Å². The normalized spacial score (nSPS) is 18.0. The van der Waals surface area contributed by atoms with E-state index in [1.54, 1.807) is 6.92 Å². The molecule has 0 saturated heterocycles. The van der Waals surface area contributed by atoms with Gasteiger partial charge in [-0.1, -0.05) is 58.8 Å². The molecule has 3 atom stereocenters. The smallest absolute Gasteiger partial charge is 0.410 e. The Morgan fingerprint density at radius 1 is 1.04 bits per heavy atom. The summed E-state index contributed by atoms with van der Waals surface area (Å²) in [5, 5.41) is 11.7. The third-order valence-corrected chi connectivity index (χ3v) is 5.40. The van der Waals surface area contributed by atoms with Crippen molar-refractivity contribution in [2.45, 2.75) is 104 Å². The van der Waals surface area contributed by atoms with Gasteiger partial charge in [0.1, 0.15) is 0 Å². The minimum Gasteiger partial charge on any atom is -0.481 e. The third kappa shape index (κ3) is 11.1. The van der Waals surface area contributed by atoms with Gasteiger partial charge in [-0.3, -0.25) is 9.59 Å². The molecule has 0 heterocycles. The highest BCUT2D eigenvalue weighted by Gasteiger charge is 2.21. The third-order valence-electron chi connectivity index (χ3n) is 5.40. The van der Waals surface area contributed by atoms with Crippen molar-refractivity contribution >= 4 is 18.0 Å². The molecular formula is C21H37NO6. The second-order valence-corrected chi connectivity index (χ2v) is 8.02. The van der Waals surface area contributed by atoms with Crippen LogP contribution in [0.5, 0.6) is 0 Å². The summed E-state index contributed by atoms with van der Waals surface area (Å²) in [6.45, 7) is 5.28. The quantitative estimate of drug-likeness (QED) is 0.366. The molecule has 162 valence electrons. The molecule has 0 spiro atoms. The second kappa shape index (κ2) is 13.4. The van der Waals surface area contributed by atoms with Crippen molar-refractivity contribution in [2.24, 2.45) is 11.8 Å². The summed E-state index contributed by atoms with van der Waals surface area (Å²) in [6, 6.07) is -0.504. The Kier molecular flexibility index (Phi) is 11.6. The van der Waals surface area contributed by atoms with E-state index >= 15 is 0 Å². The van der Waals surface area contributed by atoms with Crippen LogP contribution >= 0.6 is 0 Å². The number of ether oxygens (including phenoxy) is 2. The van der Waals surface area contributed by atoms with Crippen LogP contribution in [0, 0.1) is 11.8 Å². The second-order valence-electron chi connectivity index (χ2n) is 8.02. The van der Waals surface area contributed by atoms with Gasteiger partial charge in [0.25, 0.3) is 0 Å². The fourth-order valence-corrected chi connectivity index (χ4v) is 3.71. The first kappa shape index (κ1) is 24.2. The predicted molar refractivity (Wildman–Crippen MR) is 106 cm³/mol. The molecule has 0 aromatic carbocycles. The molecule has 2 N–H and O–H groups in total. The summed E-state index contributed by atoms with van der Waals surface area (Å²) < 4.78 is 9.86. The number of esters is 1. The Labute approximate surface area is 168 Å². The topological polar surface area (TPSA) is 102 Å². The summed E-state index contributed by atoms with van der Waals surface area (Å²) in [4.78, 5) is 34.3. The molecule has 0 bridgehead atoms. The Balaban J connectivity index is 2.36. The van der Waals surface area contributed by atoms with Gasteiger partial charge in [0.05, 0.1) is 6.42 Å². The van der Waals surface area contributed by atoms with E-state index in [9.17, 15) is 14.4 Å². The number of alkyl carbamates (subject to hydrolysis) is 1. The van der Waals surface area contributed by atoms with Gasteiger partial charge in [-0.25, -0.2) is 4.79 Å². The number of carbonyl (C=O) groups is 3. The number of hydrogen-bond donors (Lipinski definition) is 2. The minimum absolute atomic E-state index is 0.159. The fourth-order valence-electron chi connectivity index (χ4n) is 3.71. The number of carbonyl (C=O) groups excluding carboxylic acids is 2. The van der Waals surface area contributed by atoms with Crippen LogP contribution < -0.4 is 5.32 Å². The molecule has 1 amide bonds. The number of nitrogens with one attached hydrogen (secondary N) is 1. The number of rotatable bonds is 12. The molecule has 7 heteroatoms. The van der Waals surface area contributed by atoms with Crippen molar-refractivity contribution in [2.75, 3.05) is 0 Å². The highest BCUT2D eigenvalue weighted by Crippen LogP contribution is 2.29. The fraction of sp³-hybridized carbons (Fsp3) is 0.857. The van der Waals surface area contributed by atoms with Crippen LogP contribution in [-0.2, 0) is 19.1 Å². The number of aliphatic carboxylic acids is 1. The highest BCUT2D eigenvalue weighted by atomic mass is 16.7. The summed E-state index contributed by atoms with van der Waals surface area (Å²) in [7, 11) is 0. The van der Waals surface area contributed by atoms with E-state index in [4.69, 9.17) is 14.6 Å². The lowest BCUT2D eigenvalue weighted by Crippen LogP contribution is -2.39. The van der Waals surface area contributed by atoms with Crippen LogP contribution in [0.3, 0.4) is 0 Å². The van der Waals surface area contributed by atoms with Crippen molar-refractivity contribution < 1.29 is 29.0 Å². The molecule has 1 rings (SSSR count). The molecule has 0 aromatic heterocycles.